The molecule has 1 aliphatic rings. The third-order valence-corrected chi connectivity index (χ3v) is 6.20. The van der Waals surface area contributed by atoms with Crippen molar-refractivity contribution in [1.82, 2.24) is 10.2 Å². The molecular formula is C25H38BN3O5. The highest BCUT2D eigenvalue weighted by molar-refractivity contribution is 6.43. The SMILES string of the molecule is CC(C)(C)CCC(C#N)C(=O)N1CCCC[C@@H]1COC(=O)N[C@@H](CCc1ccccc1)B(O)O. The minimum atomic E-state index is -1.72. The summed E-state index contributed by atoms with van der Waals surface area (Å²) >= 11 is 0. The van der Waals surface area contributed by atoms with Crippen LogP contribution in [-0.2, 0) is 16.0 Å². The van der Waals surface area contributed by atoms with Crippen molar-refractivity contribution in [3.05, 3.63) is 35.9 Å². The average molecular weight is 471 g/mol. The van der Waals surface area contributed by atoms with Gasteiger partial charge in [-0.05, 0) is 55.9 Å². The molecule has 0 spiro atoms. The molecule has 2 rings (SSSR count). The summed E-state index contributed by atoms with van der Waals surface area (Å²) < 4.78 is 5.37. The number of rotatable bonds is 10. The molecule has 1 heterocycles. The second-order valence-electron chi connectivity index (χ2n) is 10.2. The third kappa shape index (κ3) is 9.36. The summed E-state index contributed by atoms with van der Waals surface area (Å²) in [7, 11) is -1.72. The van der Waals surface area contributed by atoms with Gasteiger partial charge in [-0.2, -0.15) is 5.26 Å². The molecule has 1 unspecified atom stereocenters. The number of likely N-dealkylation sites (tertiary alicyclic amines) is 1. The normalized spacial score (nSPS) is 17.9. The molecule has 1 aliphatic heterocycles. The van der Waals surface area contributed by atoms with E-state index in [4.69, 9.17) is 4.74 Å². The average Bonchev–Trinajstić information content (AvgIpc) is 2.80. The summed E-state index contributed by atoms with van der Waals surface area (Å²) in [5.41, 5.74) is 1.06. The van der Waals surface area contributed by atoms with Crippen molar-refractivity contribution >= 4 is 19.1 Å². The molecule has 1 saturated heterocycles. The second-order valence-corrected chi connectivity index (χ2v) is 10.2. The predicted octanol–water partition coefficient (Wildman–Crippen LogP) is 3.07. The minimum Gasteiger partial charge on any atom is -0.447 e. The van der Waals surface area contributed by atoms with E-state index in [1.807, 2.05) is 30.3 Å². The van der Waals surface area contributed by atoms with Gasteiger partial charge in [0.15, 0.2) is 0 Å². The van der Waals surface area contributed by atoms with E-state index in [-0.39, 0.29) is 24.0 Å². The molecule has 1 fully saturated rings. The fourth-order valence-corrected chi connectivity index (χ4v) is 4.11. The first kappa shape index (κ1) is 27.7. The van der Waals surface area contributed by atoms with Gasteiger partial charge in [0.25, 0.3) is 0 Å². The van der Waals surface area contributed by atoms with E-state index in [9.17, 15) is 24.9 Å². The zero-order valence-electron chi connectivity index (χ0n) is 20.6. The molecule has 0 aromatic heterocycles. The second kappa shape index (κ2) is 13.4. The Morgan fingerprint density at radius 3 is 2.56 bits per heavy atom. The Balaban J connectivity index is 1.89. The number of hydrogen-bond donors (Lipinski definition) is 3. The lowest BCUT2D eigenvalue weighted by Crippen LogP contribution is -2.50. The van der Waals surface area contributed by atoms with Crippen molar-refractivity contribution in [2.75, 3.05) is 13.2 Å². The number of piperidine rings is 1. The van der Waals surface area contributed by atoms with Crippen LogP contribution in [0.5, 0.6) is 0 Å². The molecule has 186 valence electrons. The maximum absolute atomic E-state index is 13.1. The Kier molecular flexibility index (Phi) is 10.9. The van der Waals surface area contributed by atoms with Crippen LogP contribution in [0.4, 0.5) is 4.79 Å². The van der Waals surface area contributed by atoms with Crippen LogP contribution in [0.15, 0.2) is 30.3 Å². The van der Waals surface area contributed by atoms with Crippen molar-refractivity contribution in [1.29, 1.82) is 5.26 Å². The summed E-state index contributed by atoms with van der Waals surface area (Å²) in [6.07, 6.45) is 3.87. The summed E-state index contributed by atoms with van der Waals surface area (Å²) in [5, 5.41) is 31.4. The fourth-order valence-electron chi connectivity index (χ4n) is 4.11. The smallest absolute Gasteiger partial charge is 0.447 e. The Hall–Kier alpha value is -2.57. The number of amides is 2. The van der Waals surface area contributed by atoms with Gasteiger partial charge in [0.05, 0.1) is 18.1 Å². The molecule has 9 heteroatoms. The third-order valence-electron chi connectivity index (χ3n) is 6.20. The van der Waals surface area contributed by atoms with Gasteiger partial charge >= 0.3 is 13.2 Å². The van der Waals surface area contributed by atoms with Crippen molar-refractivity contribution in [2.24, 2.45) is 11.3 Å². The van der Waals surface area contributed by atoms with Gasteiger partial charge in [0.2, 0.25) is 5.91 Å². The first-order valence-electron chi connectivity index (χ1n) is 12.1. The maximum Gasteiger partial charge on any atom is 0.475 e. The van der Waals surface area contributed by atoms with Crippen LogP contribution in [0.2, 0.25) is 0 Å². The van der Waals surface area contributed by atoms with Crippen LogP contribution in [0.1, 0.15) is 64.9 Å². The van der Waals surface area contributed by atoms with Gasteiger partial charge in [0.1, 0.15) is 12.5 Å². The van der Waals surface area contributed by atoms with E-state index in [2.05, 4.69) is 32.2 Å². The number of aryl methyl sites for hydroxylation is 1. The number of hydrogen-bond acceptors (Lipinski definition) is 6. The van der Waals surface area contributed by atoms with Crippen LogP contribution < -0.4 is 5.32 Å². The van der Waals surface area contributed by atoms with Gasteiger partial charge in [-0.1, -0.05) is 51.1 Å². The lowest BCUT2D eigenvalue weighted by Gasteiger charge is -2.36. The summed E-state index contributed by atoms with van der Waals surface area (Å²) in [6.45, 7) is 6.79. The molecule has 8 nitrogen and oxygen atoms in total. The first-order valence-corrected chi connectivity index (χ1v) is 12.1. The van der Waals surface area contributed by atoms with Crippen LogP contribution in [0, 0.1) is 22.7 Å². The molecule has 3 N–H and O–H groups in total. The van der Waals surface area contributed by atoms with Crippen molar-refractivity contribution in [3.8, 4) is 6.07 Å². The van der Waals surface area contributed by atoms with Gasteiger partial charge in [-0.3, -0.25) is 4.79 Å². The monoisotopic (exact) mass is 471 g/mol. The Bertz CT molecular complexity index is 822. The van der Waals surface area contributed by atoms with Crippen LogP contribution in [-0.4, -0.2) is 59.2 Å². The van der Waals surface area contributed by atoms with E-state index < -0.39 is 25.1 Å². The van der Waals surface area contributed by atoms with Gasteiger partial charge in [-0.15, -0.1) is 0 Å². The van der Waals surface area contributed by atoms with Crippen molar-refractivity contribution in [3.63, 3.8) is 0 Å². The molecule has 0 radical (unpaired) electrons. The number of nitriles is 1. The standard InChI is InChI=1S/C25H38BN3O5/c1-25(2,3)15-14-20(17-27)23(30)29-16-8-7-11-21(29)18-34-24(31)28-22(26(32)33)13-12-19-9-5-4-6-10-19/h4-6,9-10,20-22,32-33H,7-8,11-16,18H2,1-3H3,(H,28,31)/t20?,21-,22+/m1/s1. The number of nitrogens with one attached hydrogen (secondary N) is 1. The number of ether oxygens (including phenoxy) is 1. The molecule has 0 bridgehead atoms. The van der Waals surface area contributed by atoms with Gasteiger partial charge in [-0.25, -0.2) is 4.79 Å². The topological polar surface area (TPSA) is 123 Å². The van der Waals surface area contributed by atoms with E-state index in [1.165, 1.54) is 0 Å². The highest BCUT2D eigenvalue weighted by Crippen LogP contribution is 2.26. The summed E-state index contributed by atoms with van der Waals surface area (Å²) in [4.78, 5) is 27.1. The van der Waals surface area contributed by atoms with Crippen molar-refractivity contribution in [2.45, 2.75) is 77.7 Å². The number of carbonyl (C=O) groups is 2. The van der Waals surface area contributed by atoms with E-state index in [0.29, 0.717) is 32.2 Å². The molecular weight excluding hydrogens is 433 g/mol. The van der Waals surface area contributed by atoms with Crippen LogP contribution in [0.25, 0.3) is 0 Å². The number of benzene rings is 1. The lowest BCUT2D eigenvalue weighted by atomic mass is 9.76. The Morgan fingerprint density at radius 1 is 1.24 bits per heavy atom. The molecule has 3 atom stereocenters. The summed E-state index contributed by atoms with van der Waals surface area (Å²) in [5.74, 6) is -1.79. The van der Waals surface area contributed by atoms with Crippen LogP contribution >= 0.6 is 0 Å². The van der Waals surface area contributed by atoms with E-state index >= 15 is 0 Å². The molecule has 0 aliphatic carbocycles. The Morgan fingerprint density at radius 2 is 1.94 bits per heavy atom. The van der Waals surface area contributed by atoms with Crippen molar-refractivity contribution < 1.29 is 24.4 Å². The fraction of sp³-hybridized carbons (Fsp3) is 0.640. The number of carbonyl (C=O) groups excluding carboxylic acids is 2. The molecule has 34 heavy (non-hydrogen) atoms. The highest BCUT2D eigenvalue weighted by atomic mass is 16.5. The molecule has 1 aromatic rings. The molecule has 2 amide bonds. The minimum absolute atomic E-state index is 0.00191. The molecule has 1 aromatic carbocycles. The number of alkyl carbamates (subject to hydrolysis) is 1. The lowest BCUT2D eigenvalue weighted by molar-refractivity contribution is -0.138. The zero-order chi connectivity index (χ0) is 25.1. The largest absolute Gasteiger partial charge is 0.475 e. The predicted molar refractivity (Wildman–Crippen MR) is 130 cm³/mol. The maximum atomic E-state index is 13.1. The quantitative estimate of drug-likeness (QED) is 0.451. The van der Waals surface area contributed by atoms with Gasteiger partial charge in [0, 0.05) is 6.54 Å². The zero-order valence-corrected chi connectivity index (χ0v) is 20.6. The summed E-state index contributed by atoms with van der Waals surface area (Å²) in [6, 6.07) is 11.4. The highest BCUT2D eigenvalue weighted by Gasteiger charge is 2.33. The van der Waals surface area contributed by atoms with E-state index in [0.717, 1.165) is 24.8 Å². The number of nitrogens with zero attached hydrogens (tertiary/aromatic N) is 2. The first-order chi connectivity index (χ1) is 16.1. The van der Waals surface area contributed by atoms with Crippen LogP contribution in [0.3, 0.4) is 0 Å². The van der Waals surface area contributed by atoms with Gasteiger partial charge < -0.3 is 25.0 Å². The Labute approximate surface area is 203 Å². The van der Waals surface area contributed by atoms with E-state index in [1.54, 1.807) is 4.90 Å². The molecule has 0 saturated carbocycles.